The van der Waals surface area contributed by atoms with Crippen LogP contribution in [0.4, 0.5) is 18.9 Å². The predicted octanol–water partition coefficient (Wildman–Crippen LogP) is 3.01. The highest BCUT2D eigenvalue weighted by Gasteiger charge is 2.25. The average Bonchev–Trinajstić information content (AvgIpc) is 2.21. The van der Waals surface area contributed by atoms with Crippen molar-refractivity contribution in [2.45, 2.75) is 32.5 Å². The van der Waals surface area contributed by atoms with Crippen molar-refractivity contribution in [2.75, 3.05) is 12.3 Å². The van der Waals surface area contributed by atoms with Gasteiger partial charge in [0.25, 0.3) is 0 Å². The Morgan fingerprint density at radius 1 is 1.29 bits per heavy atom. The Labute approximate surface area is 99.0 Å². The van der Waals surface area contributed by atoms with Gasteiger partial charge in [-0.1, -0.05) is 17.7 Å². The van der Waals surface area contributed by atoms with E-state index in [4.69, 9.17) is 5.73 Å². The zero-order chi connectivity index (χ0) is 12.9. The number of rotatable bonds is 5. The van der Waals surface area contributed by atoms with Crippen LogP contribution < -0.4 is 11.1 Å². The molecule has 0 saturated heterocycles. The first kappa shape index (κ1) is 13.8. The van der Waals surface area contributed by atoms with Gasteiger partial charge in [-0.15, -0.1) is 0 Å². The van der Waals surface area contributed by atoms with Gasteiger partial charge in [0.2, 0.25) is 0 Å². The van der Waals surface area contributed by atoms with Gasteiger partial charge in [0.1, 0.15) is 0 Å². The molecule has 1 rings (SSSR count). The molecular weight excluding hydrogens is 229 g/mol. The first-order valence-electron chi connectivity index (χ1n) is 5.51. The van der Waals surface area contributed by atoms with Crippen LogP contribution in [0.2, 0.25) is 0 Å². The second-order valence-electron chi connectivity index (χ2n) is 4.10. The van der Waals surface area contributed by atoms with Crippen LogP contribution in [0, 0.1) is 6.92 Å². The van der Waals surface area contributed by atoms with Crippen LogP contribution >= 0.6 is 0 Å². The van der Waals surface area contributed by atoms with Gasteiger partial charge in [-0.2, -0.15) is 13.2 Å². The highest BCUT2D eigenvalue weighted by atomic mass is 19.4. The van der Waals surface area contributed by atoms with E-state index >= 15 is 0 Å². The van der Waals surface area contributed by atoms with Gasteiger partial charge in [0.15, 0.2) is 0 Å². The number of anilines is 1. The van der Waals surface area contributed by atoms with Crippen LogP contribution in [0.25, 0.3) is 0 Å². The first-order chi connectivity index (χ1) is 7.88. The Kier molecular flexibility index (Phi) is 4.81. The molecular formula is C12H17F3N2. The van der Waals surface area contributed by atoms with E-state index in [1.165, 1.54) is 0 Å². The van der Waals surface area contributed by atoms with Crippen LogP contribution in [-0.2, 0) is 6.54 Å². The fourth-order valence-electron chi connectivity index (χ4n) is 1.52. The lowest BCUT2D eigenvalue weighted by Crippen LogP contribution is -2.18. The Morgan fingerprint density at radius 3 is 2.65 bits per heavy atom. The van der Waals surface area contributed by atoms with Gasteiger partial charge >= 0.3 is 6.18 Å². The number of halogens is 3. The summed E-state index contributed by atoms with van der Waals surface area (Å²) in [5, 5.41) is 2.96. The minimum absolute atomic E-state index is 0.0925. The van der Waals surface area contributed by atoms with Crippen LogP contribution in [0.1, 0.15) is 24.0 Å². The van der Waals surface area contributed by atoms with Gasteiger partial charge in [-0.25, -0.2) is 0 Å². The molecule has 0 aliphatic heterocycles. The molecule has 0 fully saturated rings. The number of nitrogen functional groups attached to an aromatic ring is 1. The van der Waals surface area contributed by atoms with Crippen LogP contribution in [0.15, 0.2) is 18.2 Å². The van der Waals surface area contributed by atoms with E-state index in [9.17, 15) is 13.2 Å². The molecule has 5 heteroatoms. The van der Waals surface area contributed by atoms with Crippen molar-refractivity contribution in [1.82, 2.24) is 5.32 Å². The summed E-state index contributed by atoms with van der Waals surface area (Å²) in [5.41, 5.74) is 8.44. The maximum Gasteiger partial charge on any atom is 0.389 e. The third-order valence-electron chi connectivity index (χ3n) is 2.43. The topological polar surface area (TPSA) is 38.0 Å². The van der Waals surface area contributed by atoms with Crippen LogP contribution in [-0.4, -0.2) is 12.7 Å². The van der Waals surface area contributed by atoms with E-state index in [0.29, 0.717) is 18.8 Å². The fourth-order valence-corrected chi connectivity index (χ4v) is 1.52. The molecule has 1 aromatic rings. The largest absolute Gasteiger partial charge is 0.398 e. The molecule has 2 nitrogen and oxygen atoms in total. The van der Waals surface area contributed by atoms with Crippen molar-refractivity contribution in [3.63, 3.8) is 0 Å². The highest BCUT2D eigenvalue weighted by Crippen LogP contribution is 2.20. The molecule has 1 aromatic carbocycles. The number of nitrogens with two attached hydrogens (primary N) is 1. The first-order valence-corrected chi connectivity index (χ1v) is 5.51. The Balaban J connectivity index is 2.29. The van der Waals surface area contributed by atoms with Crippen molar-refractivity contribution in [1.29, 1.82) is 0 Å². The zero-order valence-electron chi connectivity index (χ0n) is 9.77. The molecule has 0 bridgehead atoms. The molecule has 0 spiro atoms. The lowest BCUT2D eigenvalue weighted by atomic mass is 10.1. The maximum absolute atomic E-state index is 11.9. The van der Waals surface area contributed by atoms with E-state index in [1.807, 2.05) is 25.1 Å². The number of aryl methyl sites for hydroxylation is 1. The van der Waals surface area contributed by atoms with Crippen LogP contribution in [0.5, 0.6) is 0 Å². The summed E-state index contributed by atoms with van der Waals surface area (Å²) < 4.78 is 35.6. The Morgan fingerprint density at radius 2 is 2.00 bits per heavy atom. The minimum Gasteiger partial charge on any atom is -0.398 e. The lowest BCUT2D eigenvalue weighted by molar-refractivity contribution is -0.135. The van der Waals surface area contributed by atoms with E-state index in [-0.39, 0.29) is 6.42 Å². The quantitative estimate of drug-likeness (QED) is 0.619. The molecule has 96 valence electrons. The lowest BCUT2D eigenvalue weighted by Gasteiger charge is -2.09. The average molecular weight is 246 g/mol. The molecule has 0 unspecified atom stereocenters. The number of nitrogens with one attached hydrogen (secondary N) is 1. The number of benzene rings is 1. The molecule has 0 amide bonds. The fraction of sp³-hybridized carbons (Fsp3) is 0.500. The number of hydrogen-bond acceptors (Lipinski definition) is 2. The zero-order valence-corrected chi connectivity index (χ0v) is 9.77. The van der Waals surface area contributed by atoms with Crippen LogP contribution in [0.3, 0.4) is 0 Å². The van der Waals surface area contributed by atoms with E-state index in [1.54, 1.807) is 0 Å². The molecule has 3 N–H and O–H groups in total. The summed E-state index contributed by atoms with van der Waals surface area (Å²) in [5.74, 6) is 0. The van der Waals surface area contributed by atoms with E-state index in [2.05, 4.69) is 5.32 Å². The highest BCUT2D eigenvalue weighted by molar-refractivity contribution is 5.48. The van der Waals surface area contributed by atoms with Crippen molar-refractivity contribution in [2.24, 2.45) is 0 Å². The SMILES string of the molecule is Cc1ccc(N)c(CNCCCC(F)(F)F)c1. The van der Waals surface area contributed by atoms with Gasteiger partial charge in [-0.3, -0.25) is 0 Å². The van der Waals surface area contributed by atoms with Gasteiger partial charge < -0.3 is 11.1 Å². The summed E-state index contributed by atoms with van der Waals surface area (Å²) in [4.78, 5) is 0. The van der Waals surface area contributed by atoms with E-state index < -0.39 is 12.6 Å². The third-order valence-corrected chi connectivity index (χ3v) is 2.43. The summed E-state index contributed by atoms with van der Waals surface area (Å²) in [7, 11) is 0. The van der Waals surface area contributed by atoms with Gasteiger partial charge in [-0.05, 0) is 31.5 Å². The summed E-state index contributed by atoms with van der Waals surface area (Å²) >= 11 is 0. The van der Waals surface area contributed by atoms with Crippen molar-refractivity contribution in [3.05, 3.63) is 29.3 Å². The van der Waals surface area contributed by atoms with Gasteiger partial charge in [0, 0.05) is 18.7 Å². The second-order valence-corrected chi connectivity index (χ2v) is 4.10. The summed E-state index contributed by atoms with van der Waals surface area (Å²) in [6, 6.07) is 5.65. The summed E-state index contributed by atoms with van der Waals surface area (Å²) in [6.07, 6.45) is -4.72. The maximum atomic E-state index is 11.9. The van der Waals surface area contributed by atoms with Crippen molar-refractivity contribution in [3.8, 4) is 0 Å². The molecule has 0 saturated carbocycles. The molecule has 0 atom stereocenters. The predicted molar refractivity (Wildman–Crippen MR) is 62.6 cm³/mol. The molecule has 0 aromatic heterocycles. The Hall–Kier alpha value is -1.23. The number of hydrogen-bond donors (Lipinski definition) is 2. The molecule has 0 aliphatic carbocycles. The third kappa shape index (κ3) is 5.58. The van der Waals surface area contributed by atoms with Gasteiger partial charge in [0.05, 0.1) is 0 Å². The minimum atomic E-state index is -4.07. The second kappa shape index (κ2) is 5.91. The normalized spacial score (nSPS) is 11.8. The van der Waals surface area contributed by atoms with E-state index in [0.717, 1.165) is 11.1 Å². The molecule has 0 heterocycles. The molecule has 0 aliphatic rings. The molecule has 17 heavy (non-hydrogen) atoms. The standard InChI is InChI=1S/C12H17F3N2/c1-9-3-4-11(16)10(7-9)8-17-6-2-5-12(13,14)15/h3-4,7,17H,2,5-6,8,16H2,1H3. The van der Waals surface area contributed by atoms with Crippen molar-refractivity contribution < 1.29 is 13.2 Å². The Bertz CT molecular complexity index is 361. The molecule has 0 radical (unpaired) electrons. The summed E-state index contributed by atoms with van der Waals surface area (Å²) in [6.45, 7) is 2.80. The monoisotopic (exact) mass is 246 g/mol. The number of alkyl halides is 3. The smallest absolute Gasteiger partial charge is 0.389 e. The van der Waals surface area contributed by atoms with Crippen molar-refractivity contribution >= 4 is 5.69 Å².